The van der Waals surface area contributed by atoms with Gasteiger partial charge in [0.15, 0.2) is 5.78 Å². The quantitative estimate of drug-likeness (QED) is 0.234. The minimum absolute atomic E-state index is 0.0442. The summed E-state index contributed by atoms with van der Waals surface area (Å²) >= 11 is 0. The van der Waals surface area contributed by atoms with E-state index < -0.39 is 55.7 Å². The molecule has 2 saturated carbocycles. The Labute approximate surface area is 337 Å². The maximum atomic E-state index is 14.9. The van der Waals surface area contributed by atoms with Gasteiger partial charge in [-0.05, 0) is 102 Å². The van der Waals surface area contributed by atoms with E-state index in [9.17, 15) is 27.6 Å². The van der Waals surface area contributed by atoms with Gasteiger partial charge in [-0.15, -0.1) is 0 Å². The van der Waals surface area contributed by atoms with Crippen molar-refractivity contribution < 1.29 is 41.8 Å². The Morgan fingerprint density at radius 2 is 1.81 bits per heavy atom. The van der Waals surface area contributed by atoms with Crippen LogP contribution in [0.2, 0.25) is 0 Å². The van der Waals surface area contributed by atoms with Crippen LogP contribution in [0.15, 0.2) is 36.5 Å². The fourth-order valence-corrected chi connectivity index (χ4v) is 9.85. The number of carbonyl (C=O) groups is 4. The second-order valence-electron chi connectivity index (χ2n) is 18.5. The molecule has 4 aliphatic rings. The van der Waals surface area contributed by atoms with Crippen LogP contribution in [0, 0.1) is 29.1 Å². The van der Waals surface area contributed by atoms with E-state index in [-0.39, 0.29) is 55.3 Å². The number of anilines is 1. The summed E-state index contributed by atoms with van der Waals surface area (Å²) in [6.07, 6.45) is 8.04. The van der Waals surface area contributed by atoms with Crippen molar-refractivity contribution in [2.24, 2.45) is 29.1 Å². The van der Waals surface area contributed by atoms with Gasteiger partial charge in [0, 0.05) is 43.4 Å². The predicted molar refractivity (Wildman–Crippen MR) is 217 cm³/mol. The third-order valence-corrected chi connectivity index (χ3v) is 14.6. The molecule has 1 aromatic carbocycles. The first-order valence-corrected chi connectivity index (χ1v) is 21.7. The first kappa shape index (κ1) is 42.4. The minimum atomic E-state index is -3.96. The van der Waals surface area contributed by atoms with Crippen molar-refractivity contribution in [2.75, 3.05) is 32.6 Å². The number of amides is 2. The Balaban J connectivity index is 1.36. The number of esters is 1. The molecule has 6 rings (SSSR count). The number of carbonyl (C=O) groups excluding carboxylic acids is 4. The lowest BCUT2D eigenvalue weighted by Crippen LogP contribution is -2.48. The summed E-state index contributed by atoms with van der Waals surface area (Å²) in [5.74, 6) is -2.13. The zero-order chi connectivity index (χ0) is 41.7. The third-order valence-electron chi connectivity index (χ3n) is 12.4. The predicted octanol–water partition coefficient (Wildman–Crippen LogP) is 5.98. The van der Waals surface area contributed by atoms with Crippen molar-refractivity contribution in [1.29, 1.82) is 0 Å². The smallest absolute Gasteiger partial charge is 0.307 e. The molecule has 312 valence electrons. The highest BCUT2D eigenvalue weighted by molar-refractivity contribution is 7.91. The molecule has 13 nitrogen and oxygen atoms in total. The molecule has 2 aliphatic carbocycles. The van der Waals surface area contributed by atoms with Gasteiger partial charge in [0.2, 0.25) is 27.7 Å². The van der Waals surface area contributed by atoms with E-state index in [2.05, 4.69) is 16.6 Å². The van der Waals surface area contributed by atoms with E-state index in [4.69, 9.17) is 14.2 Å². The number of hydrogen-bond donors (Lipinski definition) is 1. The summed E-state index contributed by atoms with van der Waals surface area (Å²) in [6.45, 7) is 11.1. The van der Waals surface area contributed by atoms with Crippen LogP contribution in [0.4, 0.5) is 5.69 Å². The molecule has 0 spiro atoms. The number of ketones is 1. The summed E-state index contributed by atoms with van der Waals surface area (Å²) in [6, 6.07) is 4.84. The molecule has 3 fully saturated rings. The van der Waals surface area contributed by atoms with Crippen LogP contribution in [-0.2, 0) is 33.9 Å². The number of methoxy groups -OCH3 is 1. The molecule has 7 atom stereocenters. The lowest BCUT2D eigenvalue weighted by molar-refractivity contribution is -0.160. The zero-order valence-electron chi connectivity index (χ0n) is 34.9. The van der Waals surface area contributed by atoms with Crippen molar-refractivity contribution in [3.05, 3.63) is 36.5 Å². The largest absolute Gasteiger partial charge is 0.494 e. The van der Waals surface area contributed by atoms with Gasteiger partial charge in [-0.1, -0.05) is 26.0 Å². The van der Waals surface area contributed by atoms with Gasteiger partial charge in [-0.25, -0.2) is 13.4 Å². The Morgan fingerprint density at radius 3 is 2.46 bits per heavy atom. The Bertz CT molecular complexity index is 2040. The van der Waals surface area contributed by atoms with Crippen molar-refractivity contribution in [3.63, 3.8) is 0 Å². The SMILES string of the molecule is COc1cnc(O[C@@H]2C[C@H]3C(=O)C[C@]4(C(=O)NS(=O)(=O)C5(C)CC5)C[C@H]4/C=C\CC[C@H](C)C[C@@H](C)[C@H](CC(=O)OC(C)(C)C)C(=O)N3C2)c2ccc(N(C)C)cc12. The fraction of sp³-hybridized carbons (Fsp3) is 0.651. The number of ether oxygens (including phenoxy) is 3. The van der Waals surface area contributed by atoms with E-state index in [0.29, 0.717) is 42.7 Å². The van der Waals surface area contributed by atoms with E-state index in [1.165, 1.54) is 4.90 Å². The highest BCUT2D eigenvalue weighted by atomic mass is 32.2. The molecule has 14 heteroatoms. The molecule has 3 heterocycles. The van der Waals surface area contributed by atoms with Crippen LogP contribution in [0.5, 0.6) is 11.6 Å². The van der Waals surface area contributed by atoms with Gasteiger partial charge in [0.05, 0.1) is 48.4 Å². The number of Topliss-reactive ketones (excluding diaryl/α,β-unsaturated/α-hetero) is 1. The van der Waals surface area contributed by atoms with Crippen molar-refractivity contribution in [2.45, 2.75) is 122 Å². The molecule has 1 saturated heterocycles. The number of fused-ring (bicyclic) bond motifs is 3. The zero-order valence-corrected chi connectivity index (χ0v) is 35.7. The number of rotatable bonds is 9. The average Bonchev–Trinajstić information content (AvgIpc) is 4.01. The molecular weight excluding hydrogens is 749 g/mol. The molecule has 57 heavy (non-hydrogen) atoms. The number of benzene rings is 1. The van der Waals surface area contributed by atoms with Crippen LogP contribution < -0.4 is 19.1 Å². The van der Waals surface area contributed by atoms with Gasteiger partial charge in [0.25, 0.3) is 0 Å². The summed E-state index contributed by atoms with van der Waals surface area (Å²) in [7, 11) is 1.50. The molecule has 2 aliphatic heterocycles. The number of nitrogens with one attached hydrogen (secondary N) is 1. The average molecular weight is 809 g/mol. The maximum absolute atomic E-state index is 14.9. The van der Waals surface area contributed by atoms with Crippen LogP contribution in [0.1, 0.15) is 99.3 Å². The number of allylic oxidation sites excluding steroid dienone is 2. The highest BCUT2D eigenvalue weighted by Crippen LogP contribution is 2.58. The maximum Gasteiger partial charge on any atom is 0.307 e. The topological polar surface area (TPSA) is 162 Å². The van der Waals surface area contributed by atoms with Crippen LogP contribution in [0.25, 0.3) is 10.8 Å². The Morgan fingerprint density at radius 1 is 1.09 bits per heavy atom. The number of nitrogens with zero attached hydrogens (tertiary/aromatic N) is 3. The van der Waals surface area contributed by atoms with Crippen LogP contribution in [0.3, 0.4) is 0 Å². The summed E-state index contributed by atoms with van der Waals surface area (Å²) < 4.78 is 45.8. The summed E-state index contributed by atoms with van der Waals surface area (Å²) in [5, 5.41) is 1.48. The second-order valence-corrected chi connectivity index (χ2v) is 20.6. The highest BCUT2D eigenvalue weighted by Gasteiger charge is 2.62. The standard InChI is InChI=1S/C43H60N4O9S/c1-26-12-10-11-13-28-22-43(28,40(51)45-57(52,53)42(6)16-17-42)23-35(48)34-20-30(25-47(34)39(50)32(27(2)18-26)21-37(49)56-41(3,4)5)55-38-31-15-14-29(46(7)8)19-33(31)36(54-9)24-44-38/h11,13-15,19,24,26-28,30,32,34H,10,12,16-18,20-23,25H2,1-9H3,(H,45,51)/b13-11-/t26-,27+,28+,30+,32-,34-,43+/m0/s1. The third kappa shape index (κ3) is 9.10. The normalized spacial score (nSPS) is 29.6. The Hall–Kier alpha value is -4.20. The van der Waals surface area contributed by atoms with Gasteiger partial charge in [0.1, 0.15) is 17.5 Å². The van der Waals surface area contributed by atoms with E-state index in [1.807, 2.05) is 56.3 Å². The molecule has 1 N–H and O–H groups in total. The van der Waals surface area contributed by atoms with Gasteiger partial charge < -0.3 is 24.0 Å². The summed E-state index contributed by atoms with van der Waals surface area (Å²) in [5.41, 5.74) is -1.08. The van der Waals surface area contributed by atoms with Crippen LogP contribution in [-0.4, -0.2) is 92.1 Å². The lowest BCUT2D eigenvalue weighted by Gasteiger charge is -2.32. The van der Waals surface area contributed by atoms with Gasteiger partial charge in [-0.3, -0.25) is 23.9 Å². The van der Waals surface area contributed by atoms with Crippen LogP contribution >= 0.6 is 0 Å². The number of pyridine rings is 1. The fourth-order valence-electron chi connectivity index (χ4n) is 8.52. The van der Waals surface area contributed by atoms with E-state index in [0.717, 1.165) is 23.9 Å². The van der Waals surface area contributed by atoms with Crippen molar-refractivity contribution >= 4 is 50.1 Å². The van der Waals surface area contributed by atoms with Crippen molar-refractivity contribution in [3.8, 4) is 11.6 Å². The molecule has 0 unspecified atom stereocenters. The van der Waals surface area contributed by atoms with Crippen molar-refractivity contribution in [1.82, 2.24) is 14.6 Å². The number of aromatic nitrogens is 1. The minimum Gasteiger partial charge on any atom is -0.494 e. The molecule has 2 aromatic rings. The van der Waals surface area contributed by atoms with E-state index in [1.54, 1.807) is 41.0 Å². The lowest BCUT2D eigenvalue weighted by atomic mass is 9.82. The Kier molecular flexibility index (Phi) is 11.8. The number of hydrogen-bond acceptors (Lipinski definition) is 11. The molecule has 0 bridgehead atoms. The van der Waals surface area contributed by atoms with Gasteiger partial charge >= 0.3 is 5.97 Å². The molecule has 1 aromatic heterocycles. The first-order valence-electron chi connectivity index (χ1n) is 20.3. The monoisotopic (exact) mass is 808 g/mol. The summed E-state index contributed by atoms with van der Waals surface area (Å²) in [4.78, 5) is 65.1. The first-order chi connectivity index (χ1) is 26.7. The molecular formula is C43H60N4O9S. The molecule has 2 amide bonds. The van der Waals surface area contributed by atoms with Gasteiger partial charge in [-0.2, -0.15) is 0 Å². The second kappa shape index (κ2) is 15.9. The molecule has 0 radical (unpaired) electrons. The number of sulfonamides is 1. The van der Waals surface area contributed by atoms with E-state index >= 15 is 0 Å².